The van der Waals surface area contributed by atoms with E-state index in [1.165, 1.54) is 18.3 Å². The number of allylic oxidation sites excluding steroid dienone is 1. The smallest absolute Gasteiger partial charge is 0.416 e. The van der Waals surface area contributed by atoms with Gasteiger partial charge >= 0.3 is 11.8 Å². The lowest BCUT2D eigenvalue weighted by Crippen LogP contribution is -2.05. The van der Waals surface area contributed by atoms with Gasteiger partial charge in [-0.25, -0.2) is 9.78 Å². The molecule has 0 radical (unpaired) electrons. The van der Waals surface area contributed by atoms with E-state index in [9.17, 15) is 23.2 Å². The first-order chi connectivity index (χ1) is 14.8. The molecule has 0 bridgehead atoms. The topological polar surface area (TPSA) is 78.9 Å². The van der Waals surface area contributed by atoms with Crippen LogP contribution in [-0.4, -0.2) is 4.98 Å². The minimum Gasteiger partial charge on any atom is -0.422 e. The van der Waals surface area contributed by atoms with Crippen molar-refractivity contribution in [3.63, 3.8) is 0 Å². The van der Waals surface area contributed by atoms with Crippen molar-refractivity contribution < 1.29 is 17.6 Å². The van der Waals surface area contributed by atoms with Gasteiger partial charge in [0, 0.05) is 22.7 Å². The van der Waals surface area contributed by atoms with Crippen molar-refractivity contribution in [3.8, 4) is 17.3 Å². The number of hydrogen-bond acceptors (Lipinski definition) is 6. The largest absolute Gasteiger partial charge is 0.422 e. The number of para-hydroxylation sites is 1. The first kappa shape index (κ1) is 20.4. The van der Waals surface area contributed by atoms with Crippen molar-refractivity contribution in [1.82, 2.24) is 4.98 Å². The number of nitriles is 1. The van der Waals surface area contributed by atoms with Gasteiger partial charge in [0.25, 0.3) is 0 Å². The number of anilines is 1. The van der Waals surface area contributed by atoms with Gasteiger partial charge in [0.15, 0.2) is 0 Å². The quantitative estimate of drug-likeness (QED) is 0.316. The Balaban J connectivity index is 1.63. The monoisotopic (exact) mass is 439 g/mol. The number of halogens is 3. The fourth-order valence-electron chi connectivity index (χ4n) is 2.84. The van der Waals surface area contributed by atoms with E-state index in [0.29, 0.717) is 16.3 Å². The van der Waals surface area contributed by atoms with Crippen LogP contribution in [0.25, 0.3) is 27.8 Å². The zero-order chi connectivity index (χ0) is 22.0. The standard InChI is InChI=1S/C22H12F3N3O2S/c23-22(24,25)15-5-3-6-16(9-15)27-11-14(10-26)20-28-18(12-31-20)17-8-13-4-1-2-7-19(13)30-21(17)29/h1-9,11-12,27H/b14-11-. The van der Waals surface area contributed by atoms with Crippen LogP contribution in [0.2, 0.25) is 0 Å². The number of nitrogens with zero attached hydrogens (tertiary/aromatic N) is 2. The number of benzene rings is 2. The molecule has 0 amide bonds. The Hall–Kier alpha value is -3.90. The molecular formula is C22H12F3N3O2S. The van der Waals surface area contributed by atoms with Gasteiger partial charge in [-0.3, -0.25) is 0 Å². The molecule has 0 fully saturated rings. The van der Waals surface area contributed by atoms with E-state index in [4.69, 9.17) is 4.42 Å². The SMILES string of the molecule is N#C/C(=C/Nc1cccc(C(F)(F)F)c1)c1nc(-c2cc3ccccc3oc2=O)cs1. The van der Waals surface area contributed by atoms with Crippen molar-refractivity contribution in [2.45, 2.75) is 6.18 Å². The Morgan fingerprint density at radius 2 is 1.97 bits per heavy atom. The lowest BCUT2D eigenvalue weighted by Gasteiger charge is -2.08. The van der Waals surface area contributed by atoms with Crippen LogP contribution >= 0.6 is 11.3 Å². The highest BCUT2D eigenvalue weighted by atomic mass is 32.1. The molecular weight excluding hydrogens is 427 g/mol. The number of hydrogen-bond donors (Lipinski definition) is 1. The van der Waals surface area contributed by atoms with Crippen LogP contribution in [0.4, 0.5) is 18.9 Å². The second kappa shape index (κ2) is 8.08. The third-order valence-electron chi connectivity index (χ3n) is 4.35. The molecule has 0 spiro atoms. The summed E-state index contributed by atoms with van der Waals surface area (Å²) in [6.07, 6.45) is -3.19. The van der Waals surface area contributed by atoms with Gasteiger partial charge in [-0.2, -0.15) is 18.4 Å². The molecule has 9 heteroatoms. The molecule has 0 aliphatic carbocycles. The van der Waals surface area contributed by atoms with E-state index in [0.717, 1.165) is 28.9 Å². The third-order valence-corrected chi connectivity index (χ3v) is 5.22. The Bertz CT molecular complexity index is 1400. The molecule has 5 nitrogen and oxygen atoms in total. The minimum atomic E-state index is -4.47. The predicted molar refractivity (Wildman–Crippen MR) is 112 cm³/mol. The Morgan fingerprint density at radius 1 is 1.16 bits per heavy atom. The molecule has 2 aromatic carbocycles. The maximum Gasteiger partial charge on any atom is 0.416 e. The third kappa shape index (κ3) is 4.34. The summed E-state index contributed by atoms with van der Waals surface area (Å²) in [6.45, 7) is 0. The Kier molecular flexibility index (Phi) is 5.31. The number of alkyl halides is 3. The Labute approximate surface area is 177 Å². The molecule has 1 N–H and O–H groups in total. The van der Waals surface area contributed by atoms with Crippen LogP contribution in [0.3, 0.4) is 0 Å². The molecule has 0 saturated heterocycles. The Morgan fingerprint density at radius 3 is 2.74 bits per heavy atom. The summed E-state index contributed by atoms with van der Waals surface area (Å²) in [5.41, 5.74) is -0.0175. The second-order valence-corrected chi connectivity index (χ2v) is 7.27. The van der Waals surface area contributed by atoms with E-state index in [1.54, 1.807) is 29.6 Å². The molecule has 4 aromatic rings. The van der Waals surface area contributed by atoms with Gasteiger partial charge in [0.05, 0.1) is 16.8 Å². The first-order valence-electron chi connectivity index (χ1n) is 8.88. The molecule has 0 aliphatic heterocycles. The molecule has 31 heavy (non-hydrogen) atoms. The van der Waals surface area contributed by atoms with Gasteiger partial charge < -0.3 is 9.73 Å². The van der Waals surface area contributed by atoms with Gasteiger partial charge in [-0.15, -0.1) is 11.3 Å². The van der Waals surface area contributed by atoms with Crippen LogP contribution in [0.1, 0.15) is 10.6 Å². The van der Waals surface area contributed by atoms with E-state index in [-0.39, 0.29) is 16.8 Å². The lowest BCUT2D eigenvalue weighted by molar-refractivity contribution is -0.137. The number of fused-ring (bicyclic) bond motifs is 1. The molecule has 0 unspecified atom stereocenters. The highest BCUT2D eigenvalue weighted by Crippen LogP contribution is 2.31. The number of rotatable bonds is 4. The average molecular weight is 439 g/mol. The molecule has 4 rings (SSSR count). The summed E-state index contributed by atoms with van der Waals surface area (Å²) in [6, 6.07) is 15.3. The van der Waals surface area contributed by atoms with E-state index in [2.05, 4.69) is 10.3 Å². The summed E-state index contributed by atoms with van der Waals surface area (Å²) in [5, 5.41) is 14.8. The van der Waals surface area contributed by atoms with E-state index in [1.807, 2.05) is 12.1 Å². The summed E-state index contributed by atoms with van der Waals surface area (Å²) >= 11 is 1.13. The van der Waals surface area contributed by atoms with Crippen molar-refractivity contribution in [2.24, 2.45) is 0 Å². The molecule has 2 aromatic heterocycles. The van der Waals surface area contributed by atoms with Gasteiger partial charge in [0.2, 0.25) is 0 Å². The summed E-state index contributed by atoms with van der Waals surface area (Å²) < 4.78 is 43.9. The number of aromatic nitrogens is 1. The maximum atomic E-state index is 12.9. The van der Waals surface area contributed by atoms with E-state index >= 15 is 0 Å². The second-order valence-electron chi connectivity index (χ2n) is 6.42. The van der Waals surface area contributed by atoms with Crippen molar-refractivity contribution in [3.05, 3.63) is 87.2 Å². The first-order valence-corrected chi connectivity index (χ1v) is 9.76. The molecule has 154 valence electrons. The van der Waals surface area contributed by atoms with E-state index < -0.39 is 17.4 Å². The summed E-state index contributed by atoms with van der Waals surface area (Å²) in [4.78, 5) is 16.7. The maximum absolute atomic E-state index is 12.9. The van der Waals surface area contributed by atoms with Crippen LogP contribution in [0, 0.1) is 11.3 Å². The molecule has 2 heterocycles. The van der Waals surface area contributed by atoms with Crippen molar-refractivity contribution in [2.75, 3.05) is 5.32 Å². The fourth-order valence-corrected chi connectivity index (χ4v) is 3.63. The highest BCUT2D eigenvalue weighted by Gasteiger charge is 2.30. The summed E-state index contributed by atoms with van der Waals surface area (Å²) in [7, 11) is 0. The van der Waals surface area contributed by atoms with Crippen LogP contribution < -0.4 is 10.9 Å². The fraction of sp³-hybridized carbons (Fsp3) is 0.0455. The summed E-state index contributed by atoms with van der Waals surface area (Å²) in [5.74, 6) is 0. The zero-order valence-corrected chi connectivity index (χ0v) is 16.4. The average Bonchev–Trinajstić information content (AvgIpc) is 3.23. The van der Waals surface area contributed by atoms with Crippen LogP contribution in [-0.2, 0) is 6.18 Å². The molecule has 0 aliphatic rings. The van der Waals surface area contributed by atoms with Crippen LogP contribution in [0.5, 0.6) is 0 Å². The normalized spacial score (nSPS) is 12.0. The van der Waals surface area contributed by atoms with Gasteiger partial charge in [-0.1, -0.05) is 24.3 Å². The highest BCUT2D eigenvalue weighted by molar-refractivity contribution is 7.11. The lowest BCUT2D eigenvalue weighted by atomic mass is 10.1. The van der Waals surface area contributed by atoms with Crippen molar-refractivity contribution in [1.29, 1.82) is 5.26 Å². The zero-order valence-electron chi connectivity index (χ0n) is 15.6. The number of nitrogens with one attached hydrogen (secondary N) is 1. The van der Waals surface area contributed by atoms with Crippen molar-refractivity contribution >= 4 is 33.6 Å². The predicted octanol–water partition coefficient (Wildman–Crippen LogP) is 5.91. The molecule has 0 saturated carbocycles. The number of thiazole rings is 1. The minimum absolute atomic E-state index is 0.110. The molecule has 0 atom stereocenters. The van der Waals surface area contributed by atoms with Crippen LogP contribution in [0.15, 0.2) is 75.4 Å². The van der Waals surface area contributed by atoms with Gasteiger partial charge in [0.1, 0.15) is 22.2 Å². The van der Waals surface area contributed by atoms with Gasteiger partial charge in [-0.05, 0) is 30.3 Å².